The summed E-state index contributed by atoms with van der Waals surface area (Å²) < 4.78 is 1.98. The molecule has 102 valence electrons. The molecular weight excluding hydrogens is 250 g/mol. The maximum atomic E-state index is 4.61. The van der Waals surface area contributed by atoms with E-state index in [1.54, 1.807) is 0 Å². The van der Waals surface area contributed by atoms with Crippen molar-refractivity contribution in [1.29, 1.82) is 0 Å². The largest absolute Gasteiger partial charge is 0.373 e. The molecular formula is C15H17N5. The Labute approximate surface area is 117 Å². The Balaban J connectivity index is 2.09. The third-order valence-electron chi connectivity index (χ3n) is 3.13. The molecule has 0 saturated carbocycles. The van der Waals surface area contributed by atoms with Gasteiger partial charge in [-0.25, -0.2) is 15.0 Å². The molecule has 0 amide bonds. The van der Waals surface area contributed by atoms with Crippen LogP contribution in [-0.4, -0.2) is 26.4 Å². The van der Waals surface area contributed by atoms with Gasteiger partial charge < -0.3 is 9.72 Å². The average molecular weight is 267 g/mol. The van der Waals surface area contributed by atoms with Gasteiger partial charge in [0.25, 0.3) is 0 Å². The van der Waals surface area contributed by atoms with Crippen molar-refractivity contribution in [2.75, 3.05) is 12.4 Å². The highest BCUT2D eigenvalue weighted by molar-refractivity contribution is 5.57. The Hall–Kier alpha value is -2.43. The summed E-state index contributed by atoms with van der Waals surface area (Å²) in [7, 11) is 1.87. The van der Waals surface area contributed by atoms with Crippen LogP contribution in [0.5, 0.6) is 0 Å². The quantitative estimate of drug-likeness (QED) is 0.789. The van der Waals surface area contributed by atoms with E-state index in [4.69, 9.17) is 0 Å². The molecule has 5 nitrogen and oxygen atoms in total. The number of fused-ring (bicyclic) bond motifs is 1. The van der Waals surface area contributed by atoms with Gasteiger partial charge in [0.1, 0.15) is 17.2 Å². The molecule has 0 bridgehead atoms. The number of hydrogen-bond acceptors (Lipinski definition) is 4. The zero-order chi connectivity index (χ0) is 13.9. The van der Waals surface area contributed by atoms with Gasteiger partial charge in [-0.3, -0.25) is 0 Å². The molecule has 3 aromatic heterocycles. The SMILES string of the molecule is CCCc1cc(NC)nc(-c2cn3ccccc3n2)n1. The van der Waals surface area contributed by atoms with Crippen molar-refractivity contribution in [2.24, 2.45) is 0 Å². The van der Waals surface area contributed by atoms with E-state index in [0.29, 0.717) is 5.82 Å². The highest BCUT2D eigenvalue weighted by Gasteiger charge is 2.09. The smallest absolute Gasteiger partial charge is 0.182 e. The number of rotatable bonds is 4. The molecule has 0 radical (unpaired) electrons. The highest BCUT2D eigenvalue weighted by Crippen LogP contribution is 2.18. The normalized spacial score (nSPS) is 10.9. The van der Waals surface area contributed by atoms with Crippen molar-refractivity contribution in [2.45, 2.75) is 19.8 Å². The first-order valence-electron chi connectivity index (χ1n) is 6.80. The highest BCUT2D eigenvalue weighted by atomic mass is 15.1. The molecule has 3 rings (SSSR count). The number of nitrogens with one attached hydrogen (secondary N) is 1. The molecule has 0 atom stereocenters. The van der Waals surface area contributed by atoms with Crippen molar-refractivity contribution >= 4 is 11.5 Å². The lowest BCUT2D eigenvalue weighted by Crippen LogP contribution is -2.01. The van der Waals surface area contributed by atoms with Crippen molar-refractivity contribution in [3.8, 4) is 11.5 Å². The minimum absolute atomic E-state index is 0.670. The molecule has 3 aromatic rings. The van der Waals surface area contributed by atoms with Crippen molar-refractivity contribution < 1.29 is 0 Å². The number of imidazole rings is 1. The van der Waals surface area contributed by atoms with Gasteiger partial charge in [-0.2, -0.15) is 0 Å². The van der Waals surface area contributed by atoms with Crippen LogP contribution < -0.4 is 5.32 Å². The minimum Gasteiger partial charge on any atom is -0.373 e. The van der Waals surface area contributed by atoms with Gasteiger partial charge in [0.15, 0.2) is 5.82 Å². The van der Waals surface area contributed by atoms with E-state index in [2.05, 4.69) is 27.2 Å². The maximum absolute atomic E-state index is 4.61. The van der Waals surface area contributed by atoms with Gasteiger partial charge in [-0.1, -0.05) is 19.4 Å². The Morgan fingerprint density at radius 2 is 2.10 bits per heavy atom. The zero-order valence-electron chi connectivity index (χ0n) is 11.7. The summed E-state index contributed by atoms with van der Waals surface area (Å²) in [5, 5.41) is 3.08. The van der Waals surface area contributed by atoms with E-state index >= 15 is 0 Å². The number of hydrogen-bond donors (Lipinski definition) is 1. The summed E-state index contributed by atoms with van der Waals surface area (Å²) in [5.41, 5.74) is 2.74. The summed E-state index contributed by atoms with van der Waals surface area (Å²) in [4.78, 5) is 13.7. The summed E-state index contributed by atoms with van der Waals surface area (Å²) in [6, 6.07) is 7.91. The van der Waals surface area contributed by atoms with E-state index in [1.165, 1.54) is 0 Å². The molecule has 0 aromatic carbocycles. The Bertz CT molecular complexity index is 699. The number of aromatic nitrogens is 4. The minimum atomic E-state index is 0.670. The van der Waals surface area contributed by atoms with Gasteiger partial charge in [-0.05, 0) is 18.6 Å². The summed E-state index contributed by atoms with van der Waals surface area (Å²) in [6.45, 7) is 2.14. The second kappa shape index (κ2) is 5.28. The Morgan fingerprint density at radius 3 is 2.85 bits per heavy atom. The first-order valence-corrected chi connectivity index (χ1v) is 6.80. The number of nitrogens with zero attached hydrogens (tertiary/aromatic N) is 4. The van der Waals surface area contributed by atoms with Crippen LogP contribution >= 0.6 is 0 Å². The number of pyridine rings is 1. The molecule has 3 heterocycles. The van der Waals surface area contributed by atoms with E-state index in [-0.39, 0.29) is 0 Å². The fourth-order valence-electron chi connectivity index (χ4n) is 2.17. The van der Waals surface area contributed by atoms with Crippen LogP contribution in [0.4, 0.5) is 5.82 Å². The van der Waals surface area contributed by atoms with Crippen molar-refractivity contribution in [1.82, 2.24) is 19.4 Å². The van der Waals surface area contributed by atoms with Crippen LogP contribution in [0.2, 0.25) is 0 Å². The molecule has 0 fully saturated rings. The first-order chi connectivity index (χ1) is 9.80. The lowest BCUT2D eigenvalue weighted by atomic mass is 10.2. The Kier molecular flexibility index (Phi) is 3.33. The molecule has 0 unspecified atom stereocenters. The molecule has 0 aliphatic carbocycles. The van der Waals surface area contributed by atoms with Gasteiger partial charge in [0.2, 0.25) is 0 Å². The second-order valence-electron chi connectivity index (χ2n) is 4.66. The zero-order valence-corrected chi connectivity index (χ0v) is 11.7. The van der Waals surface area contributed by atoms with Crippen LogP contribution in [0, 0.1) is 0 Å². The van der Waals surface area contributed by atoms with Crippen LogP contribution in [0.1, 0.15) is 19.0 Å². The number of anilines is 1. The van der Waals surface area contributed by atoms with E-state index < -0.39 is 0 Å². The van der Waals surface area contributed by atoms with Crippen molar-refractivity contribution in [3.05, 3.63) is 42.4 Å². The standard InChI is InChI=1S/C15H17N5/c1-3-6-11-9-13(16-2)19-15(17-11)12-10-20-8-5-4-7-14(20)18-12/h4-5,7-10H,3,6H2,1-2H3,(H,16,17,19). The summed E-state index contributed by atoms with van der Waals surface area (Å²) >= 11 is 0. The topological polar surface area (TPSA) is 55.1 Å². The summed E-state index contributed by atoms with van der Waals surface area (Å²) in [6.07, 6.45) is 5.93. The second-order valence-corrected chi connectivity index (χ2v) is 4.66. The first kappa shape index (κ1) is 12.6. The van der Waals surface area contributed by atoms with E-state index in [1.807, 2.05) is 48.1 Å². The maximum Gasteiger partial charge on any atom is 0.182 e. The Morgan fingerprint density at radius 1 is 1.20 bits per heavy atom. The fraction of sp³-hybridized carbons (Fsp3) is 0.267. The molecule has 5 heteroatoms. The third-order valence-corrected chi connectivity index (χ3v) is 3.13. The van der Waals surface area contributed by atoms with E-state index in [9.17, 15) is 0 Å². The van der Waals surface area contributed by atoms with Crippen LogP contribution in [0.15, 0.2) is 36.7 Å². The molecule has 0 saturated heterocycles. The van der Waals surface area contributed by atoms with Gasteiger partial charge in [0, 0.05) is 31.2 Å². The lowest BCUT2D eigenvalue weighted by Gasteiger charge is -2.05. The number of aryl methyl sites for hydroxylation is 1. The molecule has 20 heavy (non-hydrogen) atoms. The van der Waals surface area contributed by atoms with Crippen molar-refractivity contribution in [3.63, 3.8) is 0 Å². The molecule has 0 aliphatic rings. The predicted molar refractivity (Wildman–Crippen MR) is 79.8 cm³/mol. The third kappa shape index (κ3) is 2.34. The van der Waals surface area contributed by atoms with Crippen LogP contribution in [0.25, 0.3) is 17.2 Å². The predicted octanol–water partition coefficient (Wildman–Crippen LogP) is 2.79. The molecule has 0 spiro atoms. The summed E-state index contributed by atoms with van der Waals surface area (Å²) in [5.74, 6) is 1.50. The monoisotopic (exact) mass is 267 g/mol. The van der Waals surface area contributed by atoms with E-state index in [0.717, 1.165) is 35.7 Å². The lowest BCUT2D eigenvalue weighted by molar-refractivity contribution is 0.875. The van der Waals surface area contributed by atoms with Gasteiger partial charge in [-0.15, -0.1) is 0 Å². The molecule has 1 N–H and O–H groups in total. The van der Waals surface area contributed by atoms with Crippen LogP contribution in [-0.2, 0) is 6.42 Å². The van der Waals surface area contributed by atoms with Crippen LogP contribution in [0.3, 0.4) is 0 Å². The molecule has 0 aliphatic heterocycles. The average Bonchev–Trinajstić information content (AvgIpc) is 2.91. The van der Waals surface area contributed by atoms with Gasteiger partial charge in [0.05, 0.1) is 0 Å². The van der Waals surface area contributed by atoms with Gasteiger partial charge >= 0.3 is 0 Å². The fourth-order valence-corrected chi connectivity index (χ4v) is 2.17.